The Morgan fingerprint density at radius 1 is 1.12 bits per heavy atom. The van der Waals surface area contributed by atoms with Gasteiger partial charge >= 0.3 is 11.4 Å². The molecule has 0 atom stereocenters. The Labute approximate surface area is 143 Å². The molecule has 25 heavy (non-hydrogen) atoms. The molecule has 3 rings (SSSR count). The average Bonchev–Trinajstić information content (AvgIpc) is 2.58. The smallest absolute Gasteiger partial charge is 0.372 e. The van der Waals surface area contributed by atoms with Gasteiger partial charge in [-0.2, -0.15) is 0 Å². The van der Waals surface area contributed by atoms with Crippen LogP contribution in [0.25, 0.3) is 10.9 Å². The van der Waals surface area contributed by atoms with E-state index in [4.69, 9.17) is 0 Å². The Balaban J connectivity index is 1.97. The number of aryl methyl sites for hydroxylation is 2. The Kier molecular flexibility index (Phi) is 4.32. The van der Waals surface area contributed by atoms with Gasteiger partial charge in [-0.05, 0) is 30.7 Å². The number of benzene rings is 2. The lowest BCUT2D eigenvalue weighted by Crippen LogP contribution is -2.25. The number of hydrogen-bond acceptors (Lipinski definition) is 5. The van der Waals surface area contributed by atoms with Crippen molar-refractivity contribution in [1.29, 1.82) is 0 Å². The average molecular weight is 360 g/mol. The third-order valence-electron chi connectivity index (χ3n) is 3.86. The van der Waals surface area contributed by atoms with Gasteiger partial charge in [0.15, 0.2) is 0 Å². The van der Waals surface area contributed by atoms with Gasteiger partial charge in [0.1, 0.15) is 0 Å². The molecular weight excluding hydrogens is 344 g/mol. The van der Waals surface area contributed by atoms with Crippen LogP contribution in [0.5, 0.6) is 0 Å². The molecule has 0 saturated heterocycles. The zero-order valence-corrected chi connectivity index (χ0v) is 14.5. The number of rotatable bonds is 4. The van der Waals surface area contributed by atoms with Gasteiger partial charge in [-0.3, -0.25) is 4.57 Å². The highest BCUT2D eigenvalue weighted by atomic mass is 32.2. The molecule has 130 valence electrons. The van der Waals surface area contributed by atoms with Crippen molar-refractivity contribution >= 4 is 20.9 Å². The second-order valence-electron chi connectivity index (χ2n) is 5.71. The van der Waals surface area contributed by atoms with Gasteiger partial charge in [0.25, 0.3) is 0 Å². The van der Waals surface area contributed by atoms with Crippen molar-refractivity contribution in [2.75, 3.05) is 0 Å². The number of fused-ring (bicyclic) bond motifs is 1. The Morgan fingerprint density at radius 3 is 2.60 bits per heavy atom. The SMILES string of the molecule is Cc1cccc(CNS(=O)(=O)c2ccc3c(c2)c(=O)oc(=O)n3C)c1. The van der Waals surface area contributed by atoms with Crippen molar-refractivity contribution in [2.24, 2.45) is 7.05 Å². The first kappa shape index (κ1) is 17.1. The van der Waals surface area contributed by atoms with E-state index in [-0.39, 0.29) is 16.8 Å². The highest BCUT2D eigenvalue weighted by molar-refractivity contribution is 7.89. The van der Waals surface area contributed by atoms with Crippen molar-refractivity contribution < 1.29 is 12.8 Å². The van der Waals surface area contributed by atoms with Gasteiger partial charge < -0.3 is 4.42 Å². The fourth-order valence-corrected chi connectivity index (χ4v) is 3.57. The molecule has 0 bridgehead atoms. The first-order valence-corrected chi connectivity index (χ1v) is 8.95. The first-order chi connectivity index (χ1) is 11.8. The molecule has 0 aliphatic rings. The predicted octanol–water partition coefficient (Wildman–Crippen LogP) is 1.28. The van der Waals surface area contributed by atoms with Gasteiger partial charge in [0.2, 0.25) is 10.0 Å². The number of nitrogens with zero attached hydrogens (tertiary/aromatic N) is 1. The summed E-state index contributed by atoms with van der Waals surface area (Å²) in [5, 5.41) is 0.0283. The van der Waals surface area contributed by atoms with Crippen molar-refractivity contribution in [1.82, 2.24) is 9.29 Å². The lowest BCUT2D eigenvalue weighted by molar-refractivity contribution is 0.432. The highest BCUT2D eigenvalue weighted by Gasteiger charge is 2.16. The van der Waals surface area contributed by atoms with Crippen LogP contribution in [0.3, 0.4) is 0 Å². The normalized spacial score (nSPS) is 11.8. The fraction of sp³-hybridized carbons (Fsp3) is 0.176. The quantitative estimate of drug-likeness (QED) is 0.756. The minimum absolute atomic E-state index is 0.0283. The molecule has 7 nitrogen and oxygen atoms in total. The number of hydrogen-bond donors (Lipinski definition) is 1. The van der Waals surface area contributed by atoms with E-state index in [1.807, 2.05) is 31.2 Å². The van der Waals surface area contributed by atoms with Crippen LogP contribution in [0.2, 0.25) is 0 Å². The molecule has 1 N–H and O–H groups in total. The zero-order valence-electron chi connectivity index (χ0n) is 13.6. The molecule has 0 aliphatic heterocycles. The summed E-state index contributed by atoms with van der Waals surface area (Å²) in [7, 11) is -2.38. The molecule has 0 aliphatic carbocycles. The van der Waals surface area contributed by atoms with Crippen molar-refractivity contribution in [3.8, 4) is 0 Å². The maximum atomic E-state index is 12.5. The fourth-order valence-electron chi connectivity index (χ4n) is 2.52. The summed E-state index contributed by atoms with van der Waals surface area (Å²) >= 11 is 0. The Bertz CT molecular complexity index is 1180. The molecule has 0 amide bonds. The summed E-state index contributed by atoms with van der Waals surface area (Å²) in [6, 6.07) is 11.4. The van der Waals surface area contributed by atoms with E-state index in [1.54, 1.807) is 0 Å². The van der Waals surface area contributed by atoms with Gasteiger partial charge in [-0.25, -0.2) is 22.7 Å². The van der Waals surface area contributed by atoms with E-state index < -0.39 is 21.4 Å². The lowest BCUT2D eigenvalue weighted by atomic mass is 10.1. The van der Waals surface area contributed by atoms with Crippen molar-refractivity contribution in [3.63, 3.8) is 0 Å². The molecule has 3 aromatic rings. The summed E-state index contributed by atoms with van der Waals surface area (Å²) in [6.45, 7) is 2.05. The molecular formula is C17H16N2O5S. The van der Waals surface area contributed by atoms with Crippen LogP contribution in [-0.4, -0.2) is 13.0 Å². The van der Waals surface area contributed by atoms with E-state index >= 15 is 0 Å². The van der Waals surface area contributed by atoms with Gasteiger partial charge in [0.05, 0.1) is 15.8 Å². The molecule has 8 heteroatoms. The van der Waals surface area contributed by atoms with E-state index in [9.17, 15) is 18.0 Å². The van der Waals surface area contributed by atoms with E-state index in [0.29, 0.717) is 5.52 Å². The van der Waals surface area contributed by atoms with Crippen LogP contribution < -0.4 is 16.1 Å². The summed E-state index contributed by atoms with van der Waals surface area (Å²) in [5.74, 6) is -0.800. The van der Waals surface area contributed by atoms with Crippen LogP contribution in [-0.2, 0) is 23.6 Å². The second-order valence-corrected chi connectivity index (χ2v) is 7.47. The Morgan fingerprint density at radius 2 is 1.88 bits per heavy atom. The molecule has 2 aromatic carbocycles. The third kappa shape index (κ3) is 3.40. The number of nitrogens with one attached hydrogen (secondary N) is 1. The lowest BCUT2D eigenvalue weighted by Gasteiger charge is -2.09. The monoisotopic (exact) mass is 360 g/mol. The first-order valence-electron chi connectivity index (χ1n) is 7.47. The van der Waals surface area contributed by atoms with Crippen LogP contribution in [0.15, 0.2) is 61.4 Å². The second kappa shape index (κ2) is 6.30. The largest absolute Gasteiger partial charge is 0.422 e. The minimum atomic E-state index is -3.82. The maximum Gasteiger partial charge on any atom is 0.422 e. The van der Waals surface area contributed by atoms with E-state index in [2.05, 4.69) is 9.14 Å². The molecule has 0 spiro atoms. The predicted molar refractivity (Wildman–Crippen MR) is 92.9 cm³/mol. The third-order valence-corrected chi connectivity index (χ3v) is 5.26. The topological polar surface area (TPSA) is 98.4 Å². The standard InChI is InChI=1S/C17H16N2O5S/c1-11-4-3-5-12(8-11)10-18-25(22,23)13-6-7-15-14(9-13)16(20)24-17(21)19(15)2/h3-9,18H,10H2,1-2H3. The summed E-state index contributed by atoms with van der Waals surface area (Å²) in [4.78, 5) is 23.3. The zero-order chi connectivity index (χ0) is 18.2. The van der Waals surface area contributed by atoms with Crippen molar-refractivity contribution in [2.45, 2.75) is 18.4 Å². The van der Waals surface area contributed by atoms with Crippen LogP contribution in [0.4, 0.5) is 0 Å². The maximum absolute atomic E-state index is 12.5. The summed E-state index contributed by atoms with van der Waals surface area (Å²) in [5.41, 5.74) is 1.29. The summed E-state index contributed by atoms with van der Waals surface area (Å²) in [6.07, 6.45) is 0. The van der Waals surface area contributed by atoms with Crippen LogP contribution in [0.1, 0.15) is 11.1 Å². The van der Waals surface area contributed by atoms with Gasteiger partial charge in [-0.15, -0.1) is 0 Å². The molecule has 1 aromatic heterocycles. The van der Waals surface area contributed by atoms with E-state index in [1.165, 1.54) is 25.2 Å². The molecule has 1 heterocycles. The Hall–Kier alpha value is -2.71. The van der Waals surface area contributed by atoms with Gasteiger partial charge in [0, 0.05) is 13.6 Å². The van der Waals surface area contributed by atoms with Crippen LogP contribution in [0, 0.1) is 6.92 Å². The molecule has 0 fully saturated rings. The molecule has 0 radical (unpaired) electrons. The highest BCUT2D eigenvalue weighted by Crippen LogP contribution is 2.16. The van der Waals surface area contributed by atoms with E-state index in [0.717, 1.165) is 15.7 Å². The van der Waals surface area contributed by atoms with Gasteiger partial charge in [-0.1, -0.05) is 29.8 Å². The summed E-state index contributed by atoms with van der Waals surface area (Å²) < 4.78 is 33.2. The van der Waals surface area contributed by atoms with Crippen molar-refractivity contribution in [3.05, 3.63) is 74.6 Å². The molecule has 0 saturated carbocycles. The van der Waals surface area contributed by atoms with Crippen LogP contribution >= 0.6 is 0 Å². The number of aromatic nitrogens is 1. The number of sulfonamides is 1. The minimum Gasteiger partial charge on any atom is -0.372 e. The molecule has 0 unspecified atom stereocenters.